The number of urea groups is 1. The van der Waals surface area contributed by atoms with Crippen molar-refractivity contribution >= 4 is 29.1 Å². The third-order valence-corrected chi connectivity index (χ3v) is 2.14. The minimum atomic E-state index is -0.383. The first kappa shape index (κ1) is 11.3. The molecule has 2 aromatic heterocycles. The Bertz CT molecular complexity index is 518. The quantitative estimate of drug-likeness (QED) is 0.859. The minimum absolute atomic E-state index is 0.383. The predicted octanol–water partition coefficient (Wildman–Crippen LogP) is 2.77. The topological polar surface area (TPSA) is 66.9 Å². The van der Waals surface area contributed by atoms with E-state index in [0.29, 0.717) is 16.5 Å². The maximum atomic E-state index is 11.6. The van der Waals surface area contributed by atoms with Gasteiger partial charge in [-0.05, 0) is 24.3 Å². The van der Waals surface area contributed by atoms with Crippen molar-refractivity contribution in [3.8, 4) is 0 Å². The molecule has 17 heavy (non-hydrogen) atoms. The van der Waals surface area contributed by atoms with Crippen molar-refractivity contribution < 1.29 is 4.79 Å². The summed E-state index contributed by atoms with van der Waals surface area (Å²) >= 11 is 5.77. The molecule has 0 bridgehead atoms. The van der Waals surface area contributed by atoms with Gasteiger partial charge in [0.2, 0.25) is 0 Å². The van der Waals surface area contributed by atoms with Crippen LogP contribution in [0.15, 0.2) is 42.9 Å². The zero-order valence-electron chi connectivity index (χ0n) is 8.72. The van der Waals surface area contributed by atoms with Crippen molar-refractivity contribution in [2.75, 3.05) is 10.6 Å². The number of nitrogens with one attached hydrogen (secondary N) is 2. The molecule has 0 saturated heterocycles. The van der Waals surface area contributed by atoms with Crippen molar-refractivity contribution in [2.24, 2.45) is 0 Å². The highest BCUT2D eigenvalue weighted by Crippen LogP contribution is 2.12. The molecular weight excluding hydrogens is 240 g/mol. The summed E-state index contributed by atoms with van der Waals surface area (Å²) in [6, 6.07) is 6.18. The fraction of sp³-hybridized carbons (Fsp3) is 0. The summed E-state index contributed by atoms with van der Waals surface area (Å²) in [4.78, 5) is 19.4. The lowest BCUT2D eigenvalue weighted by atomic mass is 10.4. The van der Waals surface area contributed by atoms with E-state index in [2.05, 4.69) is 20.6 Å². The molecule has 2 aromatic rings. The molecule has 0 aliphatic rings. The Hall–Kier alpha value is -2.14. The molecule has 2 rings (SSSR count). The largest absolute Gasteiger partial charge is 0.324 e. The number of amides is 2. The Morgan fingerprint density at radius 1 is 1.12 bits per heavy atom. The number of carbonyl (C=O) groups is 1. The van der Waals surface area contributed by atoms with Gasteiger partial charge < -0.3 is 5.32 Å². The summed E-state index contributed by atoms with van der Waals surface area (Å²) in [6.45, 7) is 0. The highest BCUT2D eigenvalue weighted by Gasteiger charge is 2.03. The maximum absolute atomic E-state index is 11.6. The first-order valence-electron chi connectivity index (χ1n) is 4.83. The van der Waals surface area contributed by atoms with Crippen LogP contribution in [0.1, 0.15) is 0 Å². The van der Waals surface area contributed by atoms with Crippen molar-refractivity contribution in [1.29, 1.82) is 0 Å². The summed E-state index contributed by atoms with van der Waals surface area (Å²) in [7, 11) is 0. The normalized spacial score (nSPS) is 9.71. The number of hydrogen-bond donors (Lipinski definition) is 2. The van der Waals surface area contributed by atoms with Crippen LogP contribution in [0, 0.1) is 0 Å². The van der Waals surface area contributed by atoms with Crippen molar-refractivity contribution in [3.63, 3.8) is 0 Å². The second-order valence-corrected chi connectivity index (χ2v) is 3.61. The van der Waals surface area contributed by atoms with Crippen LogP contribution in [0.5, 0.6) is 0 Å². The summed E-state index contributed by atoms with van der Waals surface area (Å²) in [5, 5.41) is 5.72. The van der Waals surface area contributed by atoms with Crippen LogP contribution < -0.4 is 10.6 Å². The van der Waals surface area contributed by atoms with E-state index in [1.165, 1.54) is 6.20 Å². The van der Waals surface area contributed by atoms with Crippen LogP contribution >= 0.6 is 11.6 Å². The van der Waals surface area contributed by atoms with Crippen LogP contribution in [-0.2, 0) is 0 Å². The zero-order valence-corrected chi connectivity index (χ0v) is 9.48. The van der Waals surface area contributed by atoms with E-state index in [1.807, 2.05) is 0 Å². The zero-order chi connectivity index (χ0) is 12.1. The third-order valence-electron chi connectivity index (χ3n) is 1.90. The first-order valence-corrected chi connectivity index (χ1v) is 5.21. The number of nitrogens with zero attached hydrogens (tertiary/aromatic N) is 2. The Labute approximate surface area is 103 Å². The fourth-order valence-electron chi connectivity index (χ4n) is 1.19. The van der Waals surface area contributed by atoms with E-state index >= 15 is 0 Å². The average Bonchev–Trinajstić information content (AvgIpc) is 2.30. The standard InChI is InChI=1S/C11H9ClN4O/c12-8-1-6-14-10(7-8)16-11(17)15-9-2-4-13-5-3-9/h1-7H,(H2,13,14,15,16,17). The molecule has 6 heteroatoms. The van der Waals surface area contributed by atoms with Gasteiger partial charge in [-0.2, -0.15) is 0 Å². The molecule has 0 aliphatic heterocycles. The van der Waals surface area contributed by atoms with Gasteiger partial charge in [-0.25, -0.2) is 9.78 Å². The summed E-state index contributed by atoms with van der Waals surface area (Å²) < 4.78 is 0. The number of pyridine rings is 2. The molecular formula is C11H9ClN4O. The Morgan fingerprint density at radius 3 is 2.59 bits per heavy atom. The van der Waals surface area contributed by atoms with Gasteiger partial charge in [-0.3, -0.25) is 10.3 Å². The van der Waals surface area contributed by atoms with Crippen molar-refractivity contribution in [3.05, 3.63) is 47.9 Å². The number of rotatable bonds is 2. The first-order chi connectivity index (χ1) is 8.24. The molecule has 0 spiro atoms. The van der Waals surface area contributed by atoms with Crippen LogP contribution in [0.25, 0.3) is 0 Å². The van der Waals surface area contributed by atoms with E-state index in [1.54, 1.807) is 36.7 Å². The summed E-state index contributed by atoms with van der Waals surface area (Å²) in [6.07, 6.45) is 4.70. The van der Waals surface area contributed by atoms with Crippen molar-refractivity contribution in [1.82, 2.24) is 9.97 Å². The van der Waals surface area contributed by atoms with E-state index in [4.69, 9.17) is 11.6 Å². The van der Waals surface area contributed by atoms with Crippen molar-refractivity contribution in [2.45, 2.75) is 0 Å². The molecule has 0 aromatic carbocycles. The molecule has 0 unspecified atom stereocenters. The number of anilines is 2. The van der Waals surface area contributed by atoms with Gasteiger partial charge in [0.05, 0.1) is 0 Å². The van der Waals surface area contributed by atoms with Gasteiger partial charge >= 0.3 is 6.03 Å². The molecule has 2 N–H and O–H groups in total. The van der Waals surface area contributed by atoms with E-state index in [0.717, 1.165) is 0 Å². The molecule has 0 radical (unpaired) electrons. The smallest absolute Gasteiger partial charge is 0.308 e. The highest BCUT2D eigenvalue weighted by atomic mass is 35.5. The van der Waals surface area contributed by atoms with Gasteiger partial charge in [-0.1, -0.05) is 11.6 Å². The number of halogens is 1. The van der Waals surface area contributed by atoms with Crippen LogP contribution in [0.4, 0.5) is 16.3 Å². The van der Waals surface area contributed by atoms with E-state index in [-0.39, 0.29) is 6.03 Å². The number of carbonyl (C=O) groups excluding carboxylic acids is 1. The molecule has 0 fully saturated rings. The van der Waals surface area contributed by atoms with Crippen LogP contribution in [0.2, 0.25) is 5.02 Å². The fourth-order valence-corrected chi connectivity index (χ4v) is 1.35. The van der Waals surface area contributed by atoms with Gasteiger partial charge in [-0.15, -0.1) is 0 Å². The Kier molecular flexibility index (Phi) is 3.52. The van der Waals surface area contributed by atoms with Crippen LogP contribution in [-0.4, -0.2) is 16.0 Å². The van der Waals surface area contributed by atoms with E-state index < -0.39 is 0 Å². The van der Waals surface area contributed by atoms with Gasteiger partial charge in [0, 0.05) is 29.3 Å². The van der Waals surface area contributed by atoms with Gasteiger partial charge in [0.15, 0.2) is 0 Å². The molecule has 0 aliphatic carbocycles. The van der Waals surface area contributed by atoms with Crippen LogP contribution in [0.3, 0.4) is 0 Å². The second kappa shape index (κ2) is 5.27. The molecule has 0 saturated carbocycles. The molecule has 5 nitrogen and oxygen atoms in total. The average molecular weight is 249 g/mol. The lowest BCUT2D eigenvalue weighted by molar-refractivity contribution is 0.262. The number of hydrogen-bond acceptors (Lipinski definition) is 3. The van der Waals surface area contributed by atoms with Gasteiger partial charge in [0.25, 0.3) is 0 Å². The lowest BCUT2D eigenvalue weighted by Crippen LogP contribution is -2.19. The maximum Gasteiger partial charge on any atom is 0.324 e. The summed E-state index contributed by atoms with van der Waals surface area (Å²) in [5.74, 6) is 0.393. The SMILES string of the molecule is O=C(Nc1ccncc1)Nc1cc(Cl)ccn1. The lowest BCUT2D eigenvalue weighted by Gasteiger charge is -2.06. The number of aromatic nitrogens is 2. The monoisotopic (exact) mass is 248 g/mol. The molecule has 0 atom stereocenters. The predicted molar refractivity (Wildman–Crippen MR) is 66.1 cm³/mol. The highest BCUT2D eigenvalue weighted by molar-refractivity contribution is 6.30. The minimum Gasteiger partial charge on any atom is -0.308 e. The Morgan fingerprint density at radius 2 is 1.88 bits per heavy atom. The summed E-state index contributed by atoms with van der Waals surface area (Å²) in [5.41, 5.74) is 0.652. The molecule has 2 heterocycles. The molecule has 2 amide bonds. The molecule has 86 valence electrons. The third kappa shape index (κ3) is 3.42. The van der Waals surface area contributed by atoms with E-state index in [9.17, 15) is 4.79 Å². The Balaban J connectivity index is 1.98. The second-order valence-electron chi connectivity index (χ2n) is 3.17. The van der Waals surface area contributed by atoms with Gasteiger partial charge in [0.1, 0.15) is 5.82 Å².